The van der Waals surface area contributed by atoms with Crippen molar-refractivity contribution < 1.29 is 9.90 Å². The number of nitrogens with one attached hydrogen (secondary N) is 1. The zero-order valence-corrected chi connectivity index (χ0v) is 9.13. The van der Waals surface area contributed by atoms with Gasteiger partial charge in [0.25, 0.3) is 0 Å². The first kappa shape index (κ1) is 11.3. The summed E-state index contributed by atoms with van der Waals surface area (Å²) in [5, 5.41) is 11.9. The SMILES string of the molecule is O=C(CO)c1ccc(Nc2ccncc2)cc1. The van der Waals surface area contributed by atoms with Crippen LogP contribution >= 0.6 is 0 Å². The Morgan fingerprint density at radius 3 is 2.24 bits per heavy atom. The molecule has 1 heterocycles. The van der Waals surface area contributed by atoms with Gasteiger partial charge in [-0.1, -0.05) is 0 Å². The second-order valence-corrected chi connectivity index (χ2v) is 3.52. The normalized spacial score (nSPS) is 9.94. The Bertz CT molecular complexity index is 495. The highest BCUT2D eigenvalue weighted by molar-refractivity contribution is 5.97. The molecule has 0 unspecified atom stereocenters. The number of Topliss-reactive ketones (excluding diaryl/α,β-unsaturated/α-hetero) is 1. The highest BCUT2D eigenvalue weighted by Gasteiger charge is 2.03. The van der Waals surface area contributed by atoms with E-state index < -0.39 is 6.61 Å². The fourth-order valence-corrected chi connectivity index (χ4v) is 1.43. The maximum Gasteiger partial charge on any atom is 0.188 e. The van der Waals surface area contributed by atoms with Gasteiger partial charge in [-0.3, -0.25) is 9.78 Å². The summed E-state index contributed by atoms with van der Waals surface area (Å²) < 4.78 is 0. The number of nitrogens with zero attached hydrogens (tertiary/aromatic N) is 1. The van der Waals surface area contributed by atoms with Crippen LogP contribution in [0.25, 0.3) is 0 Å². The molecule has 0 aliphatic heterocycles. The molecule has 0 saturated carbocycles. The summed E-state index contributed by atoms with van der Waals surface area (Å²) in [5.41, 5.74) is 2.32. The van der Waals surface area contributed by atoms with E-state index in [0.29, 0.717) is 5.56 Å². The van der Waals surface area contributed by atoms with Gasteiger partial charge in [-0.25, -0.2) is 0 Å². The highest BCUT2D eigenvalue weighted by atomic mass is 16.3. The number of aromatic nitrogens is 1. The van der Waals surface area contributed by atoms with Crippen molar-refractivity contribution in [2.75, 3.05) is 11.9 Å². The molecule has 0 spiro atoms. The number of benzene rings is 1. The van der Waals surface area contributed by atoms with Crippen LogP contribution in [0.5, 0.6) is 0 Å². The van der Waals surface area contributed by atoms with Crippen molar-refractivity contribution in [3.63, 3.8) is 0 Å². The fourth-order valence-electron chi connectivity index (χ4n) is 1.43. The van der Waals surface area contributed by atoms with E-state index >= 15 is 0 Å². The lowest BCUT2D eigenvalue weighted by Crippen LogP contribution is -2.03. The van der Waals surface area contributed by atoms with Gasteiger partial charge in [0, 0.05) is 29.3 Å². The molecule has 0 aliphatic carbocycles. The summed E-state index contributed by atoms with van der Waals surface area (Å²) in [6.07, 6.45) is 3.40. The lowest BCUT2D eigenvalue weighted by molar-refractivity contribution is 0.0904. The lowest BCUT2D eigenvalue weighted by atomic mass is 10.1. The molecule has 0 atom stereocenters. The molecule has 1 aromatic heterocycles. The number of anilines is 2. The van der Waals surface area contributed by atoms with Gasteiger partial charge in [0.1, 0.15) is 6.61 Å². The van der Waals surface area contributed by atoms with Gasteiger partial charge >= 0.3 is 0 Å². The van der Waals surface area contributed by atoms with Crippen LogP contribution in [0.3, 0.4) is 0 Å². The van der Waals surface area contributed by atoms with Crippen molar-refractivity contribution in [3.05, 3.63) is 54.4 Å². The zero-order valence-electron chi connectivity index (χ0n) is 9.13. The minimum Gasteiger partial charge on any atom is -0.388 e. The first-order valence-electron chi connectivity index (χ1n) is 5.21. The molecule has 0 aliphatic rings. The van der Waals surface area contributed by atoms with E-state index in [-0.39, 0.29) is 5.78 Å². The van der Waals surface area contributed by atoms with Gasteiger partial charge < -0.3 is 10.4 Å². The van der Waals surface area contributed by atoms with E-state index in [1.54, 1.807) is 36.7 Å². The number of carbonyl (C=O) groups is 1. The summed E-state index contributed by atoms with van der Waals surface area (Å²) in [6.45, 7) is -0.461. The summed E-state index contributed by atoms with van der Waals surface area (Å²) in [6, 6.07) is 10.7. The van der Waals surface area contributed by atoms with E-state index in [1.807, 2.05) is 12.1 Å². The van der Waals surface area contributed by atoms with Crippen molar-refractivity contribution in [1.29, 1.82) is 0 Å². The van der Waals surface area contributed by atoms with Crippen LogP contribution in [0.2, 0.25) is 0 Å². The molecule has 2 aromatic rings. The second kappa shape index (κ2) is 5.23. The Balaban J connectivity index is 2.11. The van der Waals surface area contributed by atoms with Crippen molar-refractivity contribution in [2.45, 2.75) is 0 Å². The summed E-state index contributed by atoms with van der Waals surface area (Å²) in [7, 11) is 0. The van der Waals surface area contributed by atoms with E-state index in [9.17, 15) is 4.79 Å². The quantitative estimate of drug-likeness (QED) is 0.786. The Hall–Kier alpha value is -2.20. The van der Waals surface area contributed by atoms with Gasteiger partial charge in [0.15, 0.2) is 5.78 Å². The topological polar surface area (TPSA) is 62.2 Å². The number of aliphatic hydroxyl groups is 1. The van der Waals surface area contributed by atoms with E-state index in [1.165, 1.54) is 0 Å². The average Bonchev–Trinajstić information content (AvgIpc) is 2.40. The number of hydrogen-bond donors (Lipinski definition) is 2. The van der Waals surface area contributed by atoms with Gasteiger partial charge in [-0.2, -0.15) is 0 Å². The maximum atomic E-state index is 11.2. The van der Waals surface area contributed by atoms with Gasteiger partial charge in [-0.05, 0) is 36.4 Å². The van der Waals surface area contributed by atoms with Crippen molar-refractivity contribution in [1.82, 2.24) is 4.98 Å². The minimum absolute atomic E-state index is 0.277. The van der Waals surface area contributed by atoms with Crippen molar-refractivity contribution >= 4 is 17.2 Å². The molecule has 4 heteroatoms. The van der Waals surface area contributed by atoms with Crippen molar-refractivity contribution in [2.24, 2.45) is 0 Å². The molecule has 4 nitrogen and oxygen atoms in total. The monoisotopic (exact) mass is 228 g/mol. The number of pyridine rings is 1. The van der Waals surface area contributed by atoms with Gasteiger partial charge in [-0.15, -0.1) is 0 Å². The van der Waals surface area contributed by atoms with Crippen LogP contribution < -0.4 is 5.32 Å². The van der Waals surface area contributed by atoms with Crippen LogP contribution in [-0.2, 0) is 0 Å². The Kier molecular flexibility index (Phi) is 3.47. The molecular formula is C13H12N2O2. The van der Waals surface area contributed by atoms with Crippen LogP contribution in [-0.4, -0.2) is 22.5 Å². The molecule has 0 amide bonds. The van der Waals surface area contributed by atoms with Gasteiger partial charge in [0.05, 0.1) is 0 Å². The third-order valence-electron chi connectivity index (χ3n) is 2.32. The molecule has 0 radical (unpaired) electrons. The smallest absolute Gasteiger partial charge is 0.188 e. The minimum atomic E-state index is -0.461. The average molecular weight is 228 g/mol. The summed E-state index contributed by atoms with van der Waals surface area (Å²) in [5.74, 6) is -0.277. The Morgan fingerprint density at radius 2 is 1.65 bits per heavy atom. The standard InChI is InChI=1S/C13H12N2O2/c16-9-13(17)10-1-3-11(4-2-10)15-12-5-7-14-8-6-12/h1-8,16H,9H2,(H,14,15). The predicted octanol–water partition coefficient (Wildman–Crippen LogP) is 2.00. The Morgan fingerprint density at radius 1 is 1.06 bits per heavy atom. The largest absolute Gasteiger partial charge is 0.388 e. The predicted molar refractivity (Wildman–Crippen MR) is 65.4 cm³/mol. The molecule has 2 N–H and O–H groups in total. The first-order chi connectivity index (χ1) is 8.29. The second-order valence-electron chi connectivity index (χ2n) is 3.52. The summed E-state index contributed by atoms with van der Waals surface area (Å²) >= 11 is 0. The first-order valence-corrected chi connectivity index (χ1v) is 5.21. The molecule has 0 saturated heterocycles. The fraction of sp³-hybridized carbons (Fsp3) is 0.0769. The van der Waals surface area contributed by atoms with E-state index in [2.05, 4.69) is 10.3 Å². The summed E-state index contributed by atoms with van der Waals surface area (Å²) in [4.78, 5) is 15.1. The van der Waals surface area contributed by atoms with Crippen LogP contribution in [0.15, 0.2) is 48.8 Å². The maximum absolute atomic E-state index is 11.2. The number of rotatable bonds is 4. The third-order valence-corrected chi connectivity index (χ3v) is 2.32. The Labute approximate surface area is 98.9 Å². The number of carbonyl (C=O) groups excluding carboxylic acids is 1. The van der Waals surface area contributed by atoms with Crippen LogP contribution in [0.4, 0.5) is 11.4 Å². The zero-order chi connectivity index (χ0) is 12.1. The molecule has 17 heavy (non-hydrogen) atoms. The molecule has 1 aromatic carbocycles. The third kappa shape index (κ3) is 2.89. The van der Waals surface area contributed by atoms with Gasteiger partial charge in [0.2, 0.25) is 0 Å². The molecule has 86 valence electrons. The molecule has 2 rings (SSSR count). The molecule has 0 bridgehead atoms. The van der Waals surface area contributed by atoms with Crippen molar-refractivity contribution in [3.8, 4) is 0 Å². The number of ketones is 1. The molecule has 0 fully saturated rings. The molecular weight excluding hydrogens is 216 g/mol. The number of hydrogen-bond acceptors (Lipinski definition) is 4. The van der Waals surface area contributed by atoms with Crippen LogP contribution in [0.1, 0.15) is 10.4 Å². The van der Waals surface area contributed by atoms with E-state index in [0.717, 1.165) is 11.4 Å². The number of aliphatic hydroxyl groups excluding tert-OH is 1. The highest BCUT2D eigenvalue weighted by Crippen LogP contribution is 2.16. The van der Waals surface area contributed by atoms with Crippen LogP contribution in [0, 0.1) is 0 Å². The lowest BCUT2D eigenvalue weighted by Gasteiger charge is -2.06. The van der Waals surface area contributed by atoms with E-state index in [4.69, 9.17) is 5.11 Å².